The molecule has 2 aromatic carbocycles. The molecule has 0 spiro atoms. The van der Waals surface area contributed by atoms with E-state index in [9.17, 15) is 9.59 Å². The summed E-state index contributed by atoms with van der Waals surface area (Å²) in [5.41, 5.74) is 2.56. The normalized spacial score (nSPS) is 12.9. The highest BCUT2D eigenvalue weighted by Gasteiger charge is 2.13. The summed E-state index contributed by atoms with van der Waals surface area (Å²) in [6, 6.07) is 13.1. The van der Waals surface area contributed by atoms with Crippen LogP contribution in [0.5, 0.6) is 5.75 Å². The van der Waals surface area contributed by atoms with E-state index in [0.717, 1.165) is 17.7 Å². The zero-order chi connectivity index (χ0) is 19.5. The second kappa shape index (κ2) is 7.68. The van der Waals surface area contributed by atoms with Gasteiger partial charge in [0.1, 0.15) is 11.6 Å². The fourth-order valence-corrected chi connectivity index (χ4v) is 3.32. The highest BCUT2D eigenvalue weighted by atomic mass is 16.5. The summed E-state index contributed by atoms with van der Waals surface area (Å²) >= 11 is 0. The molecule has 0 fully saturated rings. The van der Waals surface area contributed by atoms with E-state index >= 15 is 0 Å². The molecule has 3 aromatic rings. The second-order valence-corrected chi connectivity index (χ2v) is 6.68. The van der Waals surface area contributed by atoms with Crippen molar-refractivity contribution in [2.24, 2.45) is 0 Å². The van der Waals surface area contributed by atoms with Crippen molar-refractivity contribution in [2.45, 2.75) is 19.9 Å². The van der Waals surface area contributed by atoms with Crippen LogP contribution < -0.4 is 10.3 Å². The molecule has 1 N–H and O–H groups in total. The molecule has 1 aromatic heterocycles. The Hall–Kier alpha value is -3.41. The highest BCUT2D eigenvalue weighted by Crippen LogP contribution is 2.26. The van der Waals surface area contributed by atoms with Crippen molar-refractivity contribution in [3.05, 3.63) is 75.8 Å². The summed E-state index contributed by atoms with van der Waals surface area (Å²) in [5, 5.41) is 0.543. The zero-order valence-corrected chi connectivity index (χ0v) is 15.6. The number of aromatic amines is 1. The van der Waals surface area contributed by atoms with Crippen LogP contribution in [0.3, 0.4) is 0 Å². The van der Waals surface area contributed by atoms with Gasteiger partial charge in [0.15, 0.2) is 0 Å². The van der Waals surface area contributed by atoms with E-state index in [4.69, 9.17) is 4.74 Å². The molecule has 142 valence electrons. The predicted molar refractivity (Wildman–Crippen MR) is 108 cm³/mol. The molecule has 4 rings (SSSR count). The lowest BCUT2D eigenvalue weighted by Crippen LogP contribution is -2.30. The first-order chi connectivity index (χ1) is 13.6. The summed E-state index contributed by atoms with van der Waals surface area (Å²) in [4.78, 5) is 33.7. The van der Waals surface area contributed by atoms with Gasteiger partial charge in [-0.1, -0.05) is 18.2 Å². The molecule has 0 bridgehead atoms. The van der Waals surface area contributed by atoms with Crippen LogP contribution in [0, 0.1) is 0 Å². The molecule has 6 nitrogen and oxygen atoms in total. The number of carbonyl (C=O) groups excluding carboxylic acids is 1. The lowest BCUT2D eigenvalue weighted by Gasteiger charge is -2.18. The van der Waals surface area contributed by atoms with Gasteiger partial charge in [0.05, 0.1) is 24.1 Å². The van der Waals surface area contributed by atoms with Crippen LogP contribution in [0.2, 0.25) is 0 Å². The van der Waals surface area contributed by atoms with Gasteiger partial charge in [-0.2, -0.15) is 0 Å². The first-order valence-corrected chi connectivity index (χ1v) is 9.34. The first kappa shape index (κ1) is 18.0. The van der Waals surface area contributed by atoms with Crippen LogP contribution >= 0.6 is 0 Å². The molecule has 1 amide bonds. The van der Waals surface area contributed by atoms with Crippen LogP contribution in [0.25, 0.3) is 17.0 Å². The Bertz CT molecular complexity index is 1120. The van der Waals surface area contributed by atoms with Gasteiger partial charge in [0, 0.05) is 19.0 Å². The number of fused-ring (bicyclic) bond motifs is 2. The number of hydrogen-bond acceptors (Lipinski definition) is 4. The van der Waals surface area contributed by atoms with Crippen molar-refractivity contribution in [1.29, 1.82) is 0 Å². The van der Waals surface area contributed by atoms with Crippen molar-refractivity contribution < 1.29 is 9.53 Å². The SMILES string of the molecule is CCN(Cc1nc2ccccc2c(=O)[nH]1)C(=O)/C=C\c1ccc2c(c1)CCO2. The van der Waals surface area contributed by atoms with Crippen LogP contribution in [0.15, 0.2) is 53.3 Å². The van der Waals surface area contributed by atoms with Crippen molar-refractivity contribution in [3.63, 3.8) is 0 Å². The van der Waals surface area contributed by atoms with E-state index in [0.29, 0.717) is 29.9 Å². The third-order valence-electron chi connectivity index (χ3n) is 4.83. The molecule has 1 aliphatic rings. The van der Waals surface area contributed by atoms with Gasteiger partial charge in [-0.3, -0.25) is 9.59 Å². The van der Waals surface area contributed by atoms with E-state index in [1.165, 1.54) is 5.56 Å². The number of amides is 1. The van der Waals surface area contributed by atoms with Gasteiger partial charge in [-0.15, -0.1) is 0 Å². The molecule has 0 unspecified atom stereocenters. The Balaban J connectivity index is 1.50. The van der Waals surface area contributed by atoms with Gasteiger partial charge >= 0.3 is 0 Å². The van der Waals surface area contributed by atoms with Gasteiger partial charge in [-0.05, 0) is 48.4 Å². The number of aromatic nitrogens is 2. The van der Waals surface area contributed by atoms with Crippen molar-refractivity contribution in [3.8, 4) is 5.75 Å². The largest absolute Gasteiger partial charge is 0.493 e. The van der Waals surface area contributed by atoms with Gasteiger partial charge in [0.2, 0.25) is 5.91 Å². The third-order valence-corrected chi connectivity index (χ3v) is 4.83. The molecular formula is C22H21N3O3. The summed E-state index contributed by atoms with van der Waals surface area (Å²) in [6.07, 6.45) is 4.26. The molecule has 0 saturated heterocycles. The Morgan fingerprint density at radius 3 is 3.00 bits per heavy atom. The zero-order valence-electron chi connectivity index (χ0n) is 15.6. The van der Waals surface area contributed by atoms with Crippen LogP contribution in [-0.4, -0.2) is 33.9 Å². The quantitative estimate of drug-likeness (QED) is 0.696. The molecule has 6 heteroatoms. The average Bonchev–Trinajstić information content (AvgIpc) is 3.18. The number of carbonyl (C=O) groups is 1. The Morgan fingerprint density at radius 2 is 2.14 bits per heavy atom. The second-order valence-electron chi connectivity index (χ2n) is 6.68. The van der Waals surface area contributed by atoms with E-state index in [-0.39, 0.29) is 18.0 Å². The standard InChI is InChI=1S/C22H21N3O3/c1-2-25(14-20-23-18-6-4-3-5-17(18)22(27)24-20)21(26)10-8-15-7-9-19-16(13-15)11-12-28-19/h3-10,13H,2,11-12,14H2,1H3,(H,23,24,27)/b10-8-. The van der Waals surface area contributed by atoms with Gasteiger partial charge in [-0.25, -0.2) is 4.98 Å². The van der Waals surface area contributed by atoms with E-state index in [2.05, 4.69) is 9.97 Å². The van der Waals surface area contributed by atoms with Crippen molar-refractivity contribution in [1.82, 2.24) is 14.9 Å². The molecule has 0 atom stereocenters. The number of nitrogens with one attached hydrogen (secondary N) is 1. The number of H-pyrrole nitrogens is 1. The number of benzene rings is 2. The molecule has 0 radical (unpaired) electrons. The molecule has 0 aliphatic carbocycles. The summed E-state index contributed by atoms with van der Waals surface area (Å²) < 4.78 is 5.51. The van der Waals surface area contributed by atoms with E-state index < -0.39 is 0 Å². The molecular weight excluding hydrogens is 354 g/mol. The van der Waals surface area contributed by atoms with Gasteiger partial charge in [0.25, 0.3) is 5.56 Å². The number of rotatable bonds is 5. The molecule has 28 heavy (non-hydrogen) atoms. The third kappa shape index (κ3) is 3.67. The summed E-state index contributed by atoms with van der Waals surface area (Å²) in [6.45, 7) is 3.37. The Kier molecular flexibility index (Phi) is 4.93. The van der Waals surface area contributed by atoms with E-state index in [1.807, 2.05) is 31.2 Å². The fraction of sp³-hybridized carbons (Fsp3) is 0.227. The first-order valence-electron chi connectivity index (χ1n) is 9.34. The predicted octanol–water partition coefficient (Wildman–Crippen LogP) is 2.92. The van der Waals surface area contributed by atoms with E-state index in [1.54, 1.807) is 35.3 Å². The maximum absolute atomic E-state index is 12.6. The topological polar surface area (TPSA) is 75.3 Å². The lowest BCUT2D eigenvalue weighted by molar-refractivity contribution is -0.126. The molecule has 1 aliphatic heterocycles. The number of para-hydroxylation sites is 1. The minimum Gasteiger partial charge on any atom is -0.493 e. The van der Waals surface area contributed by atoms with Crippen molar-refractivity contribution >= 4 is 22.9 Å². The van der Waals surface area contributed by atoms with Crippen LogP contribution in [0.1, 0.15) is 23.9 Å². The highest BCUT2D eigenvalue weighted by molar-refractivity contribution is 5.91. The maximum Gasteiger partial charge on any atom is 0.258 e. The number of likely N-dealkylation sites (N-methyl/N-ethyl adjacent to an activating group) is 1. The fourth-order valence-electron chi connectivity index (χ4n) is 3.32. The maximum atomic E-state index is 12.6. The average molecular weight is 375 g/mol. The molecule has 2 heterocycles. The smallest absolute Gasteiger partial charge is 0.258 e. The minimum absolute atomic E-state index is 0.130. The Labute approximate surface area is 162 Å². The molecule has 0 saturated carbocycles. The lowest BCUT2D eigenvalue weighted by atomic mass is 10.1. The van der Waals surface area contributed by atoms with Crippen LogP contribution in [-0.2, 0) is 17.8 Å². The summed E-state index contributed by atoms with van der Waals surface area (Å²) in [5.74, 6) is 1.27. The Morgan fingerprint density at radius 1 is 1.29 bits per heavy atom. The minimum atomic E-state index is -0.194. The number of ether oxygens (including phenoxy) is 1. The van der Waals surface area contributed by atoms with Crippen LogP contribution in [0.4, 0.5) is 0 Å². The number of hydrogen-bond donors (Lipinski definition) is 1. The monoisotopic (exact) mass is 375 g/mol. The van der Waals surface area contributed by atoms with Crippen molar-refractivity contribution in [2.75, 3.05) is 13.2 Å². The number of nitrogens with zero attached hydrogens (tertiary/aromatic N) is 2. The summed E-state index contributed by atoms with van der Waals surface area (Å²) in [7, 11) is 0. The van der Waals surface area contributed by atoms with Gasteiger partial charge < -0.3 is 14.6 Å².